The van der Waals surface area contributed by atoms with Gasteiger partial charge in [0.1, 0.15) is 0 Å². The Balaban J connectivity index is 0.00000408. The number of nitrogens with one attached hydrogen (secondary N) is 2. The molecule has 34 heavy (non-hydrogen) atoms. The molecule has 0 radical (unpaired) electrons. The number of carbonyl (C=O) groups is 3. The number of hydrogen-bond acceptors (Lipinski definition) is 5. The average molecular weight is 458 g/mol. The van der Waals surface area contributed by atoms with E-state index >= 15 is 0 Å². The number of nitrogens with zero attached hydrogens (tertiary/aromatic N) is 2. The number of amides is 3. The zero-order valence-corrected chi connectivity index (χ0v) is 20.1. The smallest absolute Gasteiger partial charge is 0.548 e. The summed E-state index contributed by atoms with van der Waals surface area (Å²) in [6, 6.07) is 17.2. The van der Waals surface area contributed by atoms with Crippen LogP contribution in [0.25, 0.3) is 0 Å². The van der Waals surface area contributed by atoms with E-state index in [4.69, 9.17) is 0 Å². The summed E-state index contributed by atoms with van der Waals surface area (Å²) in [5, 5.41) is 15.3. The first-order valence-electron chi connectivity index (χ1n) is 11.3. The number of carboxylic acids is 1. The molecule has 0 aliphatic carbocycles. The fourth-order valence-electron chi connectivity index (χ4n) is 4.26. The van der Waals surface area contributed by atoms with Crippen molar-refractivity contribution >= 4 is 29.3 Å². The van der Waals surface area contributed by atoms with E-state index in [1.807, 2.05) is 24.0 Å². The van der Waals surface area contributed by atoms with Crippen LogP contribution in [0.5, 0.6) is 0 Å². The van der Waals surface area contributed by atoms with E-state index in [2.05, 4.69) is 46.7 Å². The van der Waals surface area contributed by atoms with E-state index in [0.29, 0.717) is 23.8 Å². The fraction of sp³-hybridized carbons (Fsp3) is 0.400. The molecule has 2 aromatic carbocycles. The van der Waals surface area contributed by atoms with Crippen molar-refractivity contribution in [2.45, 2.75) is 45.2 Å². The Hall–Kier alpha value is -2.79. The summed E-state index contributed by atoms with van der Waals surface area (Å²) >= 11 is 0. The Bertz CT molecular complexity index is 964. The zero-order valence-electron chi connectivity index (χ0n) is 20.1. The van der Waals surface area contributed by atoms with Crippen LogP contribution >= 0.6 is 0 Å². The molecule has 1 saturated heterocycles. The second-order valence-electron chi connectivity index (χ2n) is 8.20. The van der Waals surface area contributed by atoms with Crippen LogP contribution in [0.1, 0.15) is 44.7 Å². The molecule has 2 N–H and O–H groups in total. The average Bonchev–Trinajstić information content (AvgIpc) is 2.83. The summed E-state index contributed by atoms with van der Waals surface area (Å²) < 4.78 is 0. The number of carboxylic acid groups (broad SMARTS) is 1. The summed E-state index contributed by atoms with van der Waals surface area (Å²) in [5.41, 5.74) is 2.48. The van der Waals surface area contributed by atoms with Crippen molar-refractivity contribution in [3.8, 4) is 0 Å². The Labute approximate surface area is 212 Å². The standard InChI is InChI=1S/C25H32N4O4.Li/c1-3-23(30)29(22-11-7-10-20(16-22)27-25(33)26-17-24(31)32)21-12-14-28(15-13-21)18(2)19-8-5-4-6-9-19;/h4-11,16,18,21H,3,12-15,17H2,1-2H3,(H,31,32)(H2,26,27,33);/q;+1/p-1. The maximum Gasteiger partial charge on any atom is 1.00 e. The summed E-state index contributed by atoms with van der Waals surface area (Å²) in [6.07, 6.45) is 2.09. The number of piperidine rings is 1. The Kier molecular flexibility index (Phi) is 10.6. The van der Waals surface area contributed by atoms with Gasteiger partial charge in [-0.25, -0.2) is 4.79 Å². The molecule has 1 aliphatic rings. The minimum atomic E-state index is -1.37. The molecule has 0 spiro atoms. The first-order valence-corrected chi connectivity index (χ1v) is 11.3. The minimum Gasteiger partial charge on any atom is -0.548 e. The van der Waals surface area contributed by atoms with Gasteiger partial charge in [-0.3, -0.25) is 9.69 Å². The third kappa shape index (κ3) is 7.36. The number of benzene rings is 2. The van der Waals surface area contributed by atoms with Crippen molar-refractivity contribution in [2.24, 2.45) is 0 Å². The number of anilines is 2. The zero-order chi connectivity index (χ0) is 23.8. The second kappa shape index (κ2) is 13.2. The van der Waals surface area contributed by atoms with Crippen LogP contribution in [0.2, 0.25) is 0 Å². The van der Waals surface area contributed by atoms with Crippen molar-refractivity contribution in [1.82, 2.24) is 10.2 Å². The quantitative estimate of drug-likeness (QED) is 0.521. The summed E-state index contributed by atoms with van der Waals surface area (Å²) in [7, 11) is 0. The van der Waals surface area contributed by atoms with Gasteiger partial charge in [-0.15, -0.1) is 0 Å². The van der Waals surface area contributed by atoms with Gasteiger partial charge in [-0.05, 0) is 43.5 Å². The molecule has 1 aliphatic heterocycles. The van der Waals surface area contributed by atoms with E-state index in [-0.39, 0.29) is 30.8 Å². The van der Waals surface area contributed by atoms with Crippen LogP contribution in [0.3, 0.4) is 0 Å². The maximum absolute atomic E-state index is 12.9. The molecule has 2 aromatic rings. The molecule has 0 bridgehead atoms. The molecular formula is C25H31LiN4O4. The molecule has 9 heteroatoms. The van der Waals surface area contributed by atoms with Crippen molar-refractivity contribution in [3.05, 3.63) is 60.2 Å². The molecule has 0 aromatic heterocycles. The van der Waals surface area contributed by atoms with Crippen LogP contribution in [-0.2, 0) is 9.59 Å². The topological polar surface area (TPSA) is 105 Å². The van der Waals surface area contributed by atoms with Gasteiger partial charge in [-0.2, -0.15) is 0 Å². The Morgan fingerprint density at radius 3 is 2.38 bits per heavy atom. The largest absolute Gasteiger partial charge is 1.00 e. The Morgan fingerprint density at radius 1 is 1.09 bits per heavy atom. The van der Waals surface area contributed by atoms with E-state index in [1.54, 1.807) is 18.2 Å². The van der Waals surface area contributed by atoms with E-state index in [1.165, 1.54) is 5.56 Å². The molecule has 1 fully saturated rings. The predicted molar refractivity (Wildman–Crippen MR) is 126 cm³/mol. The molecule has 8 nitrogen and oxygen atoms in total. The van der Waals surface area contributed by atoms with E-state index in [0.717, 1.165) is 25.9 Å². The molecule has 1 atom stereocenters. The Morgan fingerprint density at radius 2 is 1.76 bits per heavy atom. The van der Waals surface area contributed by atoms with Gasteiger partial charge >= 0.3 is 24.9 Å². The maximum atomic E-state index is 12.9. The fourth-order valence-corrected chi connectivity index (χ4v) is 4.26. The predicted octanol–water partition coefficient (Wildman–Crippen LogP) is -0.469. The van der Waals surface area contributed by atoms with Gasteiger partial charge in [0.05, 0.1) is 12.5 Å². The molecular weight excluding hydrogens is 427 g/mol. The van der Waals surface area contributed by atoms with Gasteiger partial charge in [0.2, 0.25) is 5.91 Å². The normalized spacial score (nSPS) is 15.0. The van der Waals surface area contributed by atoms with Crippen LogP contribution in [0.4, 0.5) is 16.2 Å². The first-order chi connectivity index (χ1) is 15.9. The van der Waals surface area contributed by atoms with E-state index < -0.39 is 18.5 Å². The summed E-state index contributed by atoms with van der Waals surface area (Å²) in [6.45, 7) is 5.25. The van der Waals surface area contributed by atoms with Crippen LogP contribution in [0, 0.1) is 0 Å². The van der Waals surface area contributed by atoms with Crippen LogP contribution in [0.15, 0.2) is 54.6 Å². The third-order valence-electron chi connectivity index (χ3n) is 6.04. The molecule has 3 rings (SSSR count). The van der Waals surface area contributed by atoms with Crippen molar-refractivity contribution in [1.29, 1.82) is 0 Å². The number of likely N-dealkylation sites (tertiary alicyclic amines) is 1. The van der Waals surface area contributed by atoms with Crippen molar-refractivity contribution < 1.29 is 38.4 Å². The van der Waals surface area contributed by atoms with Crippen molar-refractivity contribution in [2.75, 3.05) is 29.9 Å². The van der Waals surface area contributed by atoms with Crippen LogP contribution < -0.4 is 39.5 Å². The monoisotopic (exact) mass is 458 g/mol. The number of hydrogen-bond donors (Lipinski definition) is 2. The summed E-state index contributed by atoms with van der Waals surface area (Å²) in [4.78, 5) is 39.6. The van der Waals surface area contributed by atoms with Crippen LogP contribution in [-0.4, -0.2) is 48.5 Å². The second-order valence-corrected chi connectivity index (χ2v) is 8.20. The molecule has 3 amide bonds. The number of rotatable bonds is 8. The number of urea groups is 1. The van der Waals surface area contributed by atoms with E-state index in [9.17, 15) is 19.5 Å². The molecule has 1 heterocycles. The van der Waals surface area contributed by atoms with Gasteiger partial charge in [0.15, 0.2) is 0 Å². The van der Waals surface area contributed by atoms with Gasteiger partial charge in [0.25, 0.3) is 0 Å². The van der Waals surface area contributed by atoms with Gasteiger partial charge in [0, 0.05) is 43.0 Å². The summed E-state index contributed by atoms with van der Waals surface area (Å²) in [5.74, 6) is -1.34. The molecule has 0 saturated carbocycles. The van der Waals surface area contributed by atoms with Crippen molar-refractivity contribution in [3.63, 3.8) is 0 Å². The number of carbonyl (C=O) groups excluding carboxylic acids is 3. The molecule has 176 valence electrons. The molecule has 1 unspecified atom stereocenters. The SMILES string of the molecule is CCC(=O)N(c1cccc(NC(=O)NCC(=O)[O-])c1)C1CCN(C(C)c2ccccc2)CC1.[Li+]. The minimum absolute atomic E-state index is 0. The number of aliphatic carboxylic acids is 1. The van der Waals surface area contributed by atoms with Gasteiger partial charge < -0.3 is 25.4 Å². The van der Waals surface area contributed by atoms with Gasteiger partial charge in [-0.1, -0.05) is 43.3 Å². The first kappa shape index (κ1) is 27.5. The third-order valence-corrected chi connectivity index (χ3v) is 6.04.